The molecule has 1 spiro atoms. The molecule has 6 heteroatoms. The van der Waals surface area contributed by atoms with Gasteiger partial charge >= 0.3 is 6.09 Å². The van der Waals surface area contributed by atoms with Gasteiger partial charge in [0, 0.05) is 26.2 Å². The second kappa shape index (κ2) is 3.76. The SMILES string of the molecule is CN1C[C@]2(CCN(C(=O)c3ccc[nH]3)C2)OC1=O. The van der Waals surface area contributed by atoms with Crippen molar-refractivity contribution in [3.63, 3.8) is 0 Å². The smallest absolute Gasteiger partial charge is 0.410 e. The molecular formula is C12H15N3O3. The molecule has 0 aromatic carbocycles. The normalized spacial score (nSPS) is 27.1. The van der Waals surface area contributed by atoms with Crippen molar-refractivity contribution in [3.05, 3.63) is 24.0 Å². The van der Waals surface area contributed by atoms with Gasteiger partial charge in [-0.2, -0.15) is 0 Å². The summed E-state index contributed by atoms with van der Waals surface area (Å²) in [6.45, 7) is 1.65. The predicted molar refractivity (Wildman–Crippen MR) is 63.2 cm³/mol. The van der Waals surface area contributed by atoms with Gasteiger partial charge in [0.1, 0.15) is 5.69 Å². The zero-order valence-corrected chi connectivity index (χ0v) is 10.2. The van der Waals surface area contributed by atoms with Crippen molar-refractivity contribution in [1.82, 2.24) is 14.8 Å². The molecule has 18 heavy (non-hydrogen) atoms. The van der Waals surface area contributed by atoms with Gasteiger partial charge in [-0.1, -0.05) is 0 Å². The van der Waals surface area contributed by atoms with Gasteiger partial charge in [-0.25, -0.2) is 4.79 Å². The Morgan fingerprint density at radius 2 is 2.33 bits per heavy atom. The zero-order chi connectivity index (χ0) is 12.8. The van der Waals surface area contributed by atoms with Gasteiger partial charge in [0.2, 0.25) is 0 Å². The lowest BCUT2D eigenvalue weighted by molar-refractivity contribution is 0.0551. The minimum absolute atomic E-state index is 0.0394. The van der Waals surface area contributed by atoms with Crippen molar-refractivity contribution in [1.29, 1.82) is 0 Å². The largest absolute Gasteiger partial charge is 0.439 e. The second-order valence-corrected chi connectivity index (χ2v) is 4.97. The van der Waals surface area contributed by atoms with Crippen LogP contribution in [-0.2, 0) is 4.74 Å². The summed E-state index contributed by atoms with van der Waals surface area (Å²) in [6, 6.07) is 3.54. The summed E-state index contributed by atoms with van der Waals surface area (Å²) in [6.07, 6.45) is 2.13. The summed E-state index contributed by atoms with van der Waals surface area (Å²) in [5, 5.41) is 0. The van der Waals surface area contributed by atoms with E-state index in [-0.39, 0.29) is 12.0 Å². The number of hydrogen-bond acceptors (Lipinski definition) is 3. The fourth-order valence-corrected chi connectivity index (χ4v) is 2.66. The van der Waals surface area contributed by atoms with Crippen LogP contribution in [0, 0.1) is 0 Å². The topological polar surface area (TPSA) is 65.6 Å². The van der Waals surface area contributed by atoms with Crippen LogP contribution in [0.25, 0.3) is 0 Å². The van der Waals surface area contributed by atoms with E-state index in [1.807, 2.05) is 0 Å². The highest BCUT2D eigenvalue weighted by Gasteiger charge is 2.49. The third kappa shape index (κ3) is 1.64. The first kappa shape index (κ1) is 11.1. The third-order valence-corrected chi connectivity index (χ3v) is 3.57. The Labute approximate surface area is 105 Å². The van der Waals surface area contributed by atoms with Crippen LogP contribution in [0.15, 0.2) is 18.3 Å². The molecule has 2 saturated heterocycles. The molecule has 0 unspecified atom stereocenters. The van der Waals surface area contributed by atoms with E-state index in [1.165, 1.54) is 0 Å². The molecule has 0 aliphatic carbocycles. The molecule has 2 aliphatic rings. The molecule has 3 rings (SSSR count). The first-order valence-corrected chi connectivity index (χ1v) is 5.96. The Hall–Kier alpha value is -1.98. The van der Waals surface area contributed by atoms with Gasteiger partial charge in [0.15, 0.2) is 5.60 Å². The van der Waals surface area contributed by atoms with E-state index < -0.39 is 5.60 Å². The zero-order valence-electron chi connectivity index (χ0n) is 10.2. The van der Waals surface area contributed by atoms with Crippen molar-refractivity contribution in [2.45, 2.75) is 12.0 Å². The highest BCUT2D eigenvalue weighted by molar-refractivity contribution is 5.92. The molecule has 1 atom stereocenters. The average molecular weight is 249 g/mol. The number of carbonyl (C=O) groups is 2. The number of aromatic amines is 1. The maximum absolute atomic E-state index is 12.2. The van der Waals surface area contributed by atoms with Gasteiger partial charge in [-0.15, -0.1) is 0 Å². The molecule has 96 valence electrons. The minimum atomic E-state index is -0.506. The van der Waals surface area contributed by atoms with Crippen molar-refractivity contribution < 1.29 is 14.3 Å². The quantitative estimate of drug-likeness (QED) is 0.796. The fraction of sp³-hybridized carbons (Fsp3) is 0.500. The van der Waals surface area contributed by atoms with E-state index >= 15 is 0 Å². The van der Waals surface area contributed by atoms with Crippen LogP contribution >= 0.6 is 0 Å². The van der Waals surface area contributed by atoms with E-state index in [9.17, 15) is 9.59 Å². The van der Waals surface area contributed by atoms with Crippen LogP contribution in [-0.4, -0.2) is 59.1 Å². The third-order valence-electron chi connectivity index (χ3n) is 3.57. The Kier molecular flexibility index (Phi) is 2.33. The molecule has 6 nitrogen and oxygen atoms in total. The van der Waals surface area contributed by atoms with Crippen molar-refractivity contribution in [3.8, 4) is 0 Å². The highest BCUT2D eigenvalue weighted by Crippen LogP contribution is 2.32. The second-order valence-electron chi connectivity index (χ2n) is 4.97. The summed E-state index contributed by atoms with van der Waals surface area (Å²) in [7, 11) is 1.71. The van der Waals surface area contributed by atoms with Crippen LogP contribution in [0.4, 0.5) is 4.79 Å². The van der Waals surface area contributed by atoms with E-state index in [1.54, 1.807) is 35.2 Å². The maximum Gasteiger partial charge on any atom is 0.410 e. The summed E-state index contributed by atoms with van der Waals surface area (Å²) in [5.74, 6) is -0.0394. The van der Waals surface area contributed by atoms with Crippen molar-refractivity contribution in [2.24, 2.45) is 0 Å². The lowest BCUT2D eigenvalue weighted by Crippen LogP contribution is -2.39. The van der Waals surface area contributed by atoms with Gasteiger partial charge in [-0.3, -0.25) is 4.79 Å². The van der Waals surface area contributed by atoms with Gasteiger partial charge in [-0.05, 0) is 12.1 Å². The van der Waals surface area contributed by atoms with Crippen LogP contribution in [0.2, 0.25) is 0 Å². The number of likely N-dealkylation sites (N-methyl/N-ethyl adjacent to an activating group) is 1. The number of aromatic nitrogens is 1. The Bertz CT molecular complexity index is 485. The molecule has 1 N–H and O–H groups in total. The Morgan fingerprint density at radius 1 is 1.50 bits per heavy atom. The molecule has 2 amide bonds. The Morgan fingerprint density at radius 3 is 2.94 bits per heavy atom. The average Bonchev–Trinajstić information content (AvgIpc) is 3.01. The van der Waals surface area contributed by atoms with E-state index in [0.29, 0.717) is 31.7 Å². The summed E-state index contributed by atoms with van der Waals surface area (Å²) >= 11 is 0. The standard InChI is InChI=1S/C12H15N3O3/c1-14-7-12(18-11(14)17)4-6-15(8-12)10(16)9-3-2-5-13-9/h2-3,5,13H,4,6-8H2,1H3/t12-/m0/s1. The van der Waals surface area contributed by atoms with Gasteiger partial charge in [0.05, 0.1) is 13.1 Å². The molecule has 0 radical (unpaired) electrons. The van der Waals surface area contributed by atoms with E-state index in [2.05, 4.69) is 4.98 Å². The number of rotatable bonds is 1. The molecule has 0 bridgehead atoms. The number of carbonyl (C=O) groups excluding carboxylic acids is 2. The van der Waals surface area contributed by atoms with Crippen LogP contribution in [0.3, 0.4) is 0 Å². The number of nitrogens with zero attached hydrogens (tertiary/aromatic N) is 2. The summed E-state index contributed by atoms with van der Waals surface area (Å²) < 4.78 is 5.40. The van der Waals surface area contributed by atoms with Gasteiger partial charge < -0.3 is 19.5 Å². The molecule has 2 fully saturated rings. The van der Waals surface area contributed by atoms with E-state index in [4.69, 9.17) is 4.74 Å². The lowest BCUT2D eigenvalue weighted by Gasteiger charge is -2.21. The maximum atomic E-state index is 12.2. The number of hydrogen-bond donors (Lipinski definition) is 1. The minimum Gasteiger partial charge on any atom is -0.439 e. The van der Waals surface area contributed by atoms with Crippen molar-refractivity contribution in [2.75, 3.05) is 26.7 Å². The predicted octanol–water partition coefficient (Wildman–Crippen LogP) is 0.681. The van der Waals surface area contributed by atoms with E-state index in [0.717, 1.165) is 0 Å². The number of ether oxygens (including phenoxy) is 1. The lowest BCUT2D eigenvalue weighted by atomic mass is 10.0. The number of H-pyrrole nitrogens is 1. The molecule has 0 saturated carbocycles. The monoisotopic (exact) mass is 249 g/mol. The highest BCUT2D eigenvalue weighted by atomic mass is 16.6. The number of nitrogens with one attached hydrogen (secondary N) is 1. The molecule has 2 aliphatic heterocycles. The summed E-state index contributed by atoms with van der Waals surface area (Å²) in [5.41, 5.74) is 0.0680. The number of likely N-dealkylation sites (tertiary alicyclic amines) is 1. The first-order valence-electron chi connectivity index (χ1n) is 5.96. The molecule has 3 heterocycles. The molecular weight excluding hydrogens is 234 g/mol. The molecule has 1 aromatic heterocycles. The van der Waals surface area contributed by atoms with Crippen molar-refractivity contribution >= 4 is 12.0 Å². The van der Waals surface area contributed by atoms with Crippen LogP contribution in [0.1, 0.15) is 16.9 Å². The van der Waals surface area contributed by atoms with Crippen LogP contribution < -0.4 is 0 Å². The Balaban J connectivity index is 1.73. The first-order chi connectivity index (χ1) is 8.60. The molecule has 1 aromatic rings. The van der Waals surface area contributed by atoms with Gasteiger partial charge in [0.25, 0.3) is 5.91 Å². The summed E-state index contributed by atoms with van der Waals surface area (Å²) in [4.78, 5) is 29.8. The number of amides is 2. The van der Waals surface area contributed by atoms with Crippen LogP contribution in [0.5, 0.6) is 0 Å². The fourth-order valence-electron chi connectivity index (χ4n) is 2.66.